The van der Waals surface area contributed by atoms with Crippen LogP contribution in [-0.4, -0.2) is 43.2 Å². The fourth-order valence-electron chi connectivity index (χ4n) is 3.21. The summed E-state index contributed by atoms with van der Waals surface area (Å²) in [6.07, 6.45) is 2.56. The standard InChI is InChI=1S/C20H28FN5S.HI/c1-4-22-19(24-14-20(2,3)17-8-6-12-27-17)25-15-9-11-26(13-15)18-16(21)7-5-10-23-18;/h5-8,10,12,15H,4,9,11,13-14H2,1-3H3,(H2,22,24,25);1H. The number of aromatic nitrogens is 1. The second-order valence-corrected chi connectivity index (χ2v) is 8.39. The van der Waals surface area contributed by atoms with Crippen LogP contribution in [0.2, 0.25) is 0 Å². The van der Waals surface area contributed by atoms with E-state index >= 15 is 0 Å². The van der Waals surface area contributed by atoms with E-state index in [1.54, 1.807) is 23.6 Å². The van der Waals surface area contributed by atoms with Crippen molar-refractivity contribution < 1.29 is 4.39 Å². The molecule has 1 unspecified atom stereocenters. The Balaban J connectivity index is 0.00000280. The third-order valence-corrected chi connectivity index (χ3v) is 5.97. The first kappa shape index (κ1) is 22.9. The second kappa shape index (κ2) is 10.4. The van der Waals surface area contributed by atoms with Gasteiger partial charge in [-0.3, -0.25) is 4.99 Å². The smallest absolute Gasteiger partial charge is 0.191 e. The van der Waals surface area contributed by atoms with Gasteiger partial charge >= 0.3 is 0 Å². The summed E-state index contributed by atoms with van der Waals surface area (Å²) in [5.41, 5.74) is -0.00465. The van der Waals surface area contributed by atoms with Crippen LogP contribution in [-0.2, 0) is 5.41 Å². The Kier molecular flexibility index (Phi) is 8.48. The van der Waals surface area contributed by atoms with E-state index in [2.05, 4.69) is 53.9 Å². The van der Waals surface area contributed by atoms with E-state index in [0.717, 1.165) is 25.5 Å². The number of rotatable bonds is 6. The molecule has 1 saturated heterocycles. The van der Waals surface area contributed by atoms with Gasteiger partial charge in [-0.2, -0.15) is 0 Å². The van der Waals surface area contributed by atoms with Crippen molar-refractivity contribution in [3.8, 4) is 0 Å². The summed E-state index contributed by atoms with van der Waals surface area (Å²) in [4.78, 5) is 12.3. The van der Waals surface area contributed by atoms with Gasteiger partial charge in [-0.15, -0.1) is 35.3 Å². The molecule has 154 valence electrons. The van der Waals surface area contributed by atoms with Crippen molar-refractivity contribution in [2.75, 3.05) is 31.1 Å². The number of hydrogen-bond donors (Lipinski definition) is 2. The maximum atomic E-state index is 14.0. The predicted molar refractivity (Wildman–Crippen MR) is 127 cm³/mol. The largest absolute Gasteiger partial charge is 0.357 e. The van der Waals surface area contributed by atoms with Gasteiger partial charge in [0.25, 0.3) is 0 Å². The molecule has 28 heavy (non-hydrogen) atoms. The SMILES string of the molecule is CCNC(=NCC(C)(C)c1cccs1)NC1CCN(c2ncccc2F)C1.I. The summed E-state index contributed by atoms with van der Waals surface area (Å²) in [7, 11) is 0. The zero-order valence-corrected chi connectivity index (χ0v) is 19.8. The highest BCUT2D eigenvalue weighted by Gasteiger charge is 2.26. The molecule has 3 rings (SSSR count). The highest BCUT2D eigenvalue weighted by atomic mass is 127. The van der Waals surface area contributed by atoms with Gasteiger partial charge in [-0.05, 0) is 36.9 Å². The Bertz CT molecular complexity index is 766. The van der Waals surface area contributed by atoms with Crippen molar-refractivity contribution in [3.05, 3.63) is 46.5 Å². The Morgan fingerprint density at radius 1 is 1.39 bits per heavy atom. The number of halogens is 2. The van der Waals surface area contributed by atoms with E-state index in [4.69, 9.17) is 4.99 Å². The van der Waals surface area contributed by atoms with E-state index in [1.807, 2.05) is 4.90 Å². The molecule has 1 atom stereocenters. The minimum absolute atomic E-state index is 0. The Morgan fingerprint density at radius 2 is 2.21 bits per heavy atom. The summed E-state index contributed by atoms with van der Waals surface area (Å²) in [6, 6.07) is 7.54. The van der Waals surface area contributed by atoms with Crippen LogP contribution in [0.15, 0.2) is 40.8 Å². The molecule has 8 heteroatoms. The van der Waals surface area contributed by atoms with Crippen LogP contribution in [0.4, 0.5) is 10.2 Å². The summed E-state index contributed by atoms with van der Waals surface area (Å²) < 4.78 is 14.0. The fraction of sp³-hybridized carbons (Fsp3) is 0.500. The van der Waals surface area contributed by atoms with Gasteiger partial charge in [0.2, 0.25) is 0 Å². The molecule has 5 nitrogen and oxygen atoms in total. The minimum Gasteiger partial charge on any atom is -0.357 e. The van der Waals surface area contributed by atoms with Gasteiger partial charge in [-0.1, -0.05) is 19.9 Å². The summed E-state index contributed by atoms with van der Waals surface area (Å²) in [5, 5.41) is 8.94. The molecule has 0 amide bonds. The molecule has 3 heterocycles. The summed E-state index contributed by atoms with van der Waals surface area (Å²) in [5.74, 6) is 0.981. The van der Waals surface area contributed by atoms with Gasteiger partial charge in [-0.25, -0.2) is 9.37 Å². The molecule has 0 radical (unpaired) electrons. The maximum Gasteiger partial charge on any atom is 0.191 e. The van der Waals surface area contributed by atoms with E-state index in [-0.39, 0.29) is 41.3 Å². The minimum atomic E-state index is -0.267. The molecule has 0 saturated carbocycles. The van der Waals surface area contributed by atoms with Crippen molar-refractivity contribution >= 4 is 47.1 Å². The summed E-state index contributed by atoms with van der Waals surface area (Å²) >= 11 is 1.77. The van der Waals surface area contributed by atoms with E-state index in [9.17, 15) is 4.39 Å². The number of aliphatic imine (C=N–C) groups is 1. The fourth-order valence-corrected chi connectivity index (χ4v) is 4.06. The molecule has 2 aromatic heterocycles. The number of anilines is 1. The molecule has 1 fully saturated rings. The Morgan fingerprint density at radius 3 is 2.89 bits per heavy atom. The molecular weight excluding hydrogens is 488 g/mol. The lowest BCUT2D eigenvalue weighted by Gasteiger charge is -2.23. The Labute approximate surface area is 187 Å². The van der Waals surface area contributed by atoms with Gasteiger partial charge in [0.05, 0.1) is 6.54 Å². The average molecular weight is 517 g/mol. The van der Waals surface area contributed by atoms with Crippen LogP contribution in [0.3, 0.4) is 0 Å². The zero-order valence-electron chi connectivity index (χ0n) is 16.6. The number of hydrogen-bond acceptors (Lipinski definition) is 4. The number of thiophene rings is 1. The third-order valence-electron chi connectivity index (χ3n) is 4.73. The van der Waals surface area contributed by atoms with Crippen molar-refractivity contribution in [1.29, 1.82) is 0 Å². The zero-order chi connectivity index (χ0) is 19.3. The van der Waals surface area contributed by atoms with Gasteiger partial charge < -0.3 is 15.5 Å². The number of guanidine groups is 1. The highest BCUT2D eigenvalue weighted by Crippen LogP contribution is 2.27. The van der Waals surface area contributed by atoms with Gasteiger partial charge in [0, 0.05) is 42.2 Å². The maximum absolute atomic E-state index is 14.0. The van der Waals surface area contributed by atoms with E-state index < -0.39 is 0 Å². The van der Waals surface area contributed by atoms with Crippen LogP contribution in [0.1, 0.15) is 32.1 Å². The number of nitrogens with one attached hydrogen (secondary N) is 2. The lowest BCUT2D eigenvalue weighted by atomic mass is 9.92. The second-order valence-electron chi connectivity index (χ2n) is 7.44. The lowest BCUT2D eigenvalue weighted by Crippen LogP contribution is -2.45. The van der Waals surface area contributed by atoms with Crippen molar-refractivity contribution in [1.82, 2.24) is 15.6 Å². The lowest BCUT2D eigenvalue weighted by molar-refractivity contribution is 0.545. The quantitative estimate of drug-likeness (QED) is 0.346. The molecule has 2 N–H and O–H groups in total. The first-order chi connectivity index (χ1) is 13.0. The molecule has 0 aromatic carbocycles. The van der Waals surface area contributed by atoms with E-state index in [1.165, 1.54) is 10.9 Å². The molecule has 0 aliphatic carbocycles. The van der Waals surface area contributed by atoms with Crippen LogP contribution >= 0.6 is 35.3 Å². The predicted octanol–water partition coefficient (Wildman–Crippen LogP) is 4.01. The van der Waals surface area contributed by atoms with Gasteiger partial charge in [0.1, 0.15) is 0 Å². The van der Waals surface area contributed by atoms with Crippen molar-refractivity contribution in [2.45, 2.75) is 38.6 Å². The normalized spacial score (nSPS) is 17.4. The molecule has 0 spiro atoms. The van der Waals surface area contributed by atoms with Gasteiger partial charge in [0.15, 0.2) is 17.6 Å². The molecule has 1 aliphatic rings. The monoisotopic (exact) mass is 517 g/mol. The van der Waals surface area contributed by atoms with Crippen LogP contribution < -0.4 is 15.5 Å². The highest BCUT2D eigenvalue weighted by molar-refractivity contribution is 14.0. The summed E-state index contributed by atoms with van der Waals surface area (Å²) in [6.45, 7) is 9.50. The molecular formula is C20H29FIN5S. The topological polar surface area (TPSA) is 52.6 Å². The van der Waals surface area contributed by atoms with Crippen LogP contribution in [0.25, 0.3) is 0 Å². The number of pyridine rings is 1. The molecule has 0 bridgehead atoms. The van der Waals surface area contributed by atoms with Crippen LogP contribution in [0.5, 0.6) is 0 Å². The van der Waals surface area contributed by atoms with Crippen molar-refractivity contribution in [3.63, 3.8) is 0 Å². The van der Waals surface area contributed by atoms with Crippen molar-refractivity contribution in [2.24, 2.45) is 4.99 Å². The van der Waals surface area contributed by atoms with Crippen LogP contribution in [0, 0.1) is 5.82 Å². The Hall–Kier alpha value is -1.42. The molecule has 1 aliphatic heterocycles. The average Bonchev–Trinajstić information content (AvgIpc) is 3.33. The third kappa shape index (κ3) is 5.79. The van der Waals surface area contributed by atoms with E-state index in [0.29, 0.717) is 18.9 Å². The molecule has 2 aromatic rings. The first-order valence-corrected chi connectivity index (χ1v) is 10.3. The number of nitrogens with zero attached hydrogens (tertiary/aromatic N) is 3. The first-order valence-electron chi connectivity index (χ1n) is 9.44.